The summed E-state index contributed by atoms with van der Waals surface area (Å²) in [5, 5.41) is 0. The first kappa shape index (κ1) is 81.2. The number of unbranched alkanes of at least 4 members (excludes halogenated alkanes) is 12. The van der Waals surface area contributed by atoms with E-state index in [1.165, 1.54) is 46.6 Å². The largest absolute Gasteiger partial charge is 0.463 e. The van der Waals surface area contributed by atoms with Crippen molar-refractivity contribution in [1.82, 2.24) is 19.5 Å². The molecular formula is C104H102N4O8. The molecule has 3 aromatic heterocycles. The standard InChI is InChI=1S/C104H102N4O8/c1-5-92(109)113-69-33-13-9-21-37-74-49-57-81(58-50-74)96-87-65-66-89(105-87)97(82-59-51-75(52-60-82)38-22-10-14-34-70-114-93(110)6-2)91-73-86(78-41-25-17-26-42-78)102(107-91)101(84-63-55-77(56-64-84)40-24-12-16-36-72-116-95(112)8-4)104-100(80-45-29-19-30-46-80)99(79-43-27-18-28-44-79)103(108(104)85-47-31-20-32-48-85)98(90-68-67-88(96)106-90)83-61-53-76(54-62-83)39-23-11-15-35-71-115-94(111)7-3/h5-8,17-20,25-32,41-68,73,105H,1-4,9-16,21-24,33-40,69-72H2. The van der Waals surface area contributed by atoms with Gasteiger partial charge in [-0.1, -0.05) is 284 Å². The first-order chi connectivity index (χ1) is 57.1. The van der Waals surface area contributed by atoms with Crippen LogP contribution in [0.3, 0.4) is 0 Å². The van der Waals surface area contributed by atoms with Crippen molar-refractivity contribution in [1.29, 1.82) is 0 Å². The fraction of sp³-hybridized carbons (Fsp3) is 0.231. The normalized spacial score (nSPS) is 11.5. The predicted octanol–water partition coefficient (Wildman–Crippen LogP) is 24.9. The van der Waals surface area contributed by atoms with E-state index in [0.717, 1.165) is 257 Å². The van der Waals surface area contributed by atoms with Gasteiger partial charge in [0.25, 0.3) is 0 Å². The van der Waals surface area contributed by atoms with Crippen LogP contribution in [0.15, 0.2) is 281 Å². The zero-order chi connectivity index (χ0) is 80.2. The Morgan fingerprint density at radius 3 is 0.974 bits per heavy atom. The van der Waals surface area contributed by atoms with Gasteiger partial charge in [0.05, 0.1) is 60.2 Å². The van der Waals surface area contributed by atoms with Crippen LogP contribution in [0.1, 0.15) is 153 Å². The monoisotopic (exact) mass is 1530 g/mol. The summed E-state index contributed by atoms with van der Waals surface area (Å²) in [5.74, 6) is -1.57. The zero-order valence-corrected chi connectivity index (χ0v) is 66.4. The molecule has 0 spiro atoms. The van der Waals surface area contributed by atoms with Crippen molar-refractivity contribution < 1.29 is 38.1 Å². The molecule has 5 heterocycles. The van der Waals surface area contributed by atoms with Crippen molar-refractivity contribution in [3.8, 4) is 72.4 Å². The third-order valence-corrected chi connectivity index (χ3v) is 21.6. The number of fused-ring (bicyclic) bond motifs is 8. The van der Waals surface area contributed by atoms with E-state index < -0.39 is 17.9 Å². The van der Waals surface area contributed by atoms with Gasteiger partial charge in [-0.2, -0.15) is 0 Å². The van der Waals surface area contributed by atoms with Gasteiger partial charge in [0, 0.05) is 80.0 Å². The molecule has 0 saturated heterocycles. The Balaban J connectivity index is 1.11. The summed E-state index contributed by atoms with van der Waals surface area (Å²) >= 11 is 0. The van der Waals surface area contributed by atoms with Crippen LogP contribution in [0.2, 0.25) is 0 Å². The van der Waals surface area contributed by atoms with Crippen LogP contribution < -0.4 is 0 Å². The number of ether oxygens (including phenoxy) is 4. The molecule has 116 heavy (non-hydrogen) atoms. The Morgan fingerprint density at radius 1 is 0.302 bits per heavy atom. The molecule has 12 heteroatoms. The maximum Gasteiger partial charge on any atom is 0.330 e. The van der Waals surface area contributed by atoms with Crippen LogP contribution in [0.4, 0.5) is 0 Å². The quantitative estimate of drug-likeness (QED) is 0.0170. The third-order valence-electron chi connectivity index (χ3n) is 21.6. The highest BCUT2D eigenvalue weighted by atomic mass is 16.5. The second-order valence-electron chi connectivity index (χ2n) is 29.6. The number of esters is 4. The SMILES string of the molecule is C=CC(=O)OCCCCCCc1ccc(-c2c3nc(c(-c4ccc(CCCCCCOC(=O)C=C)cc4)c4c(-c5ccccc5)c(-c5ccccc5)c(c(-c5ccc(CCCCCCOC(=O)C=C)cc5)c5nc(c(-c6ccc(CCCCCCOC(=O)C=C)cc6)c6ccc2[nH]6)C=C5c2ccccc2)n4-c2ccccc2)C=C3)cc1. The summed E-state index contributed by atoms with van der Waals surface area (Å²) in [6.45, 7) is 15.7. The topological polar surface area (TPSA) is 152 Å². The Kier molecular flexibility index (Phi) is 28.9. The fourth-order valence-electron chi connectivity index (χ4n) is 15.6. The molecule has 8 aromatic carbocycles. The number of aryl methyl sites for hydroxylation is 4. The number of H-pyrrole nitrogens is 1. The maximum absolute atomic E-state index is 11.9. The number of hydrogen-bond donors (Lipinski definition) is 1. The van der Waals surface area contributed by atoms with Gasteiger partial charge < -0.3 is 28.5 Å². The molecule has 1 N–H and O–H groups in total. The zero-order valence-electron chi connectivity index (χ0n) is 66.4. The molecule has 0 atom stereocenters. The highest BCUT2D eigenvalue weighted by Crippen LogP contribution is 2.52. The van der Waals surface area contributed by atoms with E-state index in [1.54, 1.807) is 0 Å². The molecule has 12 nitrogen and oxygen atoms in total. The molecule has 13 rings (SSSR count). The smallest absolute Gasteiger partial charge is 0.330 e. The van der Waals surface area contributed by atoms with Crippen LogP contribution >= 0.6 is 0 Å². The van der Waals surface area contributed by atoms with Crippen LogP contribution in [0, 0.1) is 0 Å². The first-order valence-electron chi connectivity index (χ1n) is 41.1. The van der Waals surface area contributed by atoms with E-state index in [9.17, 15) is 19.2 Å². The molecule has 0 aliphatic carbocycles. The lowest BCUT2D eigenvalue weighted by atomic mass is 9.89. The lowest BCUT2D eigenvalue weighted by Gasteiger charge is -2.17. The van der Waals surface area contributed by atoms with Crippen molar-refractivity contribution in [2.75, 3.05) is 26.4 Å². The maximum atomic E-state index is 11.9. The Hall–Kier alpha value is -12.8. The lowest BCUT2D eigenvalue weighted by molar-refractivity contribution is -0.138. The lowest BCUT2D eigenvalue weighted by Crippen LogP contribution is -2.01. The molecule has 586 valence electrons. The van der Waals surface area contributed by atoms with Gasteiger partial charge in [-0.3, -0.25) is 0 Å². The molecule has 8 bridgehead atoms. The third kappa shape index (κ3) is 20.8. The van der Waals surface area contributed by atoms with Crippen molar-refractivity contribution in [2.45, 2.75) is 128 Å². The molecule has 0 unspecified atom stereocenters. The number of para-hydroxylation sites is 1. The number of carbonyl (C=O) groups is 4. The van der Waals surface area contributed by atoms with E-state index in [1.807, 2.05) is 0 Å². The average Bonchev–Trinajstić information content (AvgIpc) is 1.55. The molecule has 0 radical (unpaired) electrons. The van der Waals surface area contributed by atoms with Crippen molar-refractivity contribution in [2.24, 2.45) is 0 Å². The number of nitrogens with zero attached hydrogens (tertiary/aromatic N) is 3. The number of aromatic nitrogens is 4. The summed E-state index contributed by atoms with van der Waals surface area (Å²) in [5.41, 5.74) is 26.5. The summed E-state index contributed by atoms with van der Waals surface area (Å²) in [7, 11) is 0. The molecule has 0 fully saturated rings. The van der Waals surface area contributed by atoms with Crippen molar-refractivity contribution in [3.05, 3.63) is 332 Å². The number of carbonyl (C=O) groups excluding carboxylic acids is 4. The van der Waals surface area contributed by atoms with E-state index in [2.05, 4.69) is 285 Å². The van der Waals surface area contributed by atoms with Gasteiger partial charge in [-0.15, -0.1) is 0 Å². The molecule has 2 aliphatic rings. The Bertz CT molecular complexity index is 5490. The van der Waals surface area contributed by atoms with Crippen LogP contribution in [0.25, 0.3) is 118 Å². The number of rotatable bonds is 40. The minimum atomic E-state index is -0.394. The van der Waals surface area contributed by atoms with Gasteiger partial charge in [0.2, 0.25) is 0 Å². The highest BCUT2D eigenvalue weighted by Gasteiger charge is 2.31. The Labute approximate surface area is 682 Å². The van der Waals surface area contributed by atoms with Gasteiger partial charge in [0.1, 0.15) is 0 Å². The average molecular weight is 1540 g/mol. The van der Waals surface area contributed by atoms with Gasteiger partial charge >= 0.3 is 23.9 Å². The van der Waals surface area contributed by atoms with Crippen LogP contribution in [0.5, 0.6) is 0 Å². The van der Waals surface area contributed by atoms with Crippen molar-refractivity contribution in [3.63, 3.8) is 0 Å². The van der Waals surface area contributed by atoms with Gasteiger partial charge in [-0.25, -0.2) is 29.1 Å². The molecule has 0 amide bonds. The van der Waals surface area contributed by atoms with Crippen LogP contribution in [-0.4, -0.2) is 69.8 Å². The molecule has 2 aliphatic heterocycles. The highest BCUT2D eigenvalue weighted by molar-refractivity contribution is 6.16. The molecule has 0 saturated carbocycles. The summed E-state index contributed by atoms with van der Waals surface area (Å²) < 4.78 is 23.8. The van der Waals surface area contributed by atoms with Gasteiger partial charge in [0.15, 0.2) is 0 Å². The minimum absolute atomic E-state index is 0.374. The van der Waals surface area contributed by atoms with E-state index >= 15 is 0 Å². The summed E-state index contributed by atoms with van der Waals surface area (Å²) in [4.78, 5) is 63.7. The minimum Gasteiger partial charge on any atom is -0.463 e. The number of aromatic amines is 1. The van der Waals surface area contributed by atoms with E-state index in [4.69, 9.17) is 28.9 Å². The molecule has 11 aromatic rings. The van der Waals surface area contributed by atoms with Gasteiger partial charge in [-0.05, 0) is 181 Å². The molecular weight excluding hydrogens is 1430 g/mol. The predicted molar refractivity (Wildman–Crippen MR) is 474 cm³/mol. The van der Waals surface area contributed by atoms with E-state index in [-0.39, 0.29) is 5.97 Å². The Morgan fingerprint density at radius 2 is 0.603 bits per heavy atom. The van der Waals surface area contributed by atoms with Crippen molar-refractivity contribution >= 4 is 69.7 Å². The summed E-state index contributed by atoms with van der Waals surface area (Å²) in [6, 6.07) is 84.2. The second kappa shape index (κ2) is 41.3. The second-order valence-corrected chi connectivity index (χ2v) is 29.6. The first-order valence-corrected chi connectivity index (χ1v) is 41.1. The number of benzene rings is 8. The summed E-state index contributed by atoms with van der Waals surface area (Å²) in [6.07, 6.45) is 30.0. The van der Waals surface area contributed by atoms with Crippen LogP contribution in [-0.2, 0) is 63.8 Å². The number of nitrogens with one attached hydrogen (secondary N) is 1. The fourth-order valence-corrected chi connectivity index (χ4v) is 15.6. The van der Waals surface area contributed by atoms with E-state index in [0.29, 0.717) is 26.4 Å². The number of hydrogen-bond acceptors (Lipinski definition) is 10.